The van der Waals surface area contributed by atoms with Crippen molar-refractivity contribution in [3.8, 4) is 0 Å². The van der Waals surface area contributed by atoms with E-state index in [0.717, 1.165) is 10.6 Å². The third kappa shape index (κ3) is 5.06. The predicted octanol–water partition coefficient (Wildman–Crippen LogP) is 5.00. The van der Waals surface area contributed by atoms with Gasteiger partial charge in [-0.25, -0.2) is 8.42 Å². The van der Waals surface area contributed by atoms with Crippen LogP contribution in [0.5, 0.6) is 0 Å². The van der Waals surface area contributed by atoms with Crippen LogP contribution in [0, 0.1) is 0 Å². The van der Waals surface area contributed by atoms with Crippen LogP contribution < -0.4 is 10.2 Å². The van der Waals surface area contributed by atoms with Gasteiger partial charge in [0.15, 0.2) is 0 Å². The molecule has 0 unspecified atom stereocenters. The van der Waals surface area contributed by atoms with E-state index in [9.17, 15) is 13.2 Å². The number of nitrogens with zero attached hydrogens (tertiary/aromatic N) is 2. The zero-order valence-electron chi connectivity index (χ0n) is 18.9. The van der Waals surface area contributed by atoms with Crippen molar-refractivity contribution in [2.24, 2.45) is 0 Å². The van der Waals surface area contributed by atoms with E-state index in [1.165, 1.54) is 22.1 Å². The molecular weight excluding hydrogens is 502 g/mol. The third-order valence-electron chi connectivity index (χ3n) is 6.11. The van der Waals surface area contributed by atoms with Gasteiger partial charge in [0.2, 0.25) is 0 Å². The van der Waals surface area contributed by atoms with E-state index < -0.39 is 10.0 Å². The van der Waals surface area contributed by atoms with Crippen molar-refractivity contribution in [3.05, 3.63) is 94.3 Å². The monoisotopic (exact) mass is 525 g/mol. The second kappa shape index (κ2) is 9.99. The van der Waals surface area contributed by atoms with Gasteiger partial charge in [0.25, 0.3) is 15.9 Å². The Morgan fingerprint density at radius 2 is 1.60 bits per heavy atom. The van der Waals surface area contributed by atoms with E-state index >= 15 is 0 Å². The van der Waals surface area contributed by atoms with Gasteiger partial charge < -0.3 is 10.2 Å². The minimum Gasteiger partial charge on any atom is -0.368 e. The van der Waals surface area contributed by atoms with Gasteiger partial charge in [-0.05, 0) is 47.9 Å². The lowest BCUT2D eigenvalue weighted by Crippen LogP contribution is -2.48. The van der Waals surface area contributed by atoms with Crippen LogP contribution in [-0.2, 0) is 16.6 Å². The number of hydrogen-bond acceptors (Lipinski definition) is 5. The molecule has 1 aliphatic heterocycles. The van der Waals surface area contributed by atoms with E-state index in [1.807, 2.05) is 18.2 Å². The fourth-order valence-corrected chi connectivity index (χ4v) is 7.24. The summed E-state index contributed by atoms with van der Waals surface area (Å²) in [5, 5.41) is 5.74. The molecule has 2 heterocycles. The van der Waals surface area contributed by atoms with E-state index in [1.54, 1.807) is 40.7 Å². The molecule has 0 saturated carbocycles. The van der Waals surface area contributed by atoms with Gasteiger partial charge in [0.05, 0.1) is 6.54 Å². The number of amides is 1. The van der Waals surface area contributed by atoms with Gasteiger partial charge in [-0.3, -0.25) is 4.79 Å². The summed E-state index contributed by atoms with van der Waals surface area (Å²) in [4.78, 5) is 15.4. The van der Waals surface area contributed by atoms with E-state index in [2.05, 4.69) is 34.5 Å². The molecule has 0 atom stereocenters. The summed E-state index contributed by atoms with van der Waals surface area (Å²) in [6.07, 6.45) is 0. The number of carbonyl (C=O) groups is 1. The molecular formula is C26H24ClN3O3S2. The lowest BCUT2D eigenvalue weighted by atomic mass is 10.1. The second-order valence-electron chi connectivity index (χ2n) is 8.30. The number of rotatable bonds is 6. The molecule has 1 fully saturated rings. The second-order valence-corrected chi connectivity index (χ2v) is 12.1. The summed E-state index contributed by atoms with van der Waals surface area (Å²) < 4.78 is 28.4. The van der Waals surface area contributed by atoms with Gasteiger partial charge in [-0.15, -0.1) is 11.3 Å². The maximum Gasteiger partial charge on any atom is 0.252 e. The molecule has 3 aromatic carbocycles. The fraction of sp³-hybridized carbons (Fsp3) is 0.192. The highest BCUT2D eigenvalue weighted by Crippen LogP contribution is 2.30. The summed E-state index contributed by atoms with van der Waals surface area (Å²) in [6, 6.07) is 24.5. The average Bonchev–Trinajstić information content (AvgIpc) is 3.37. The third-order valence-corrected chi connectivity index (χ3v) is 9.81. The molecule has 35 heavy (non-hydrogen) atoms. The SMILES string of the molecule is O=C(NCc1ccc(S(=O)(=O)N2CCN(c3cccc4ccccc34)CC2)s1)c1ccc(Cl)cc1. The molecule has 4 aromatic rings. The van der Waals surface area contributed by atoms with Gasteiger partial charge >= 0.3 is 0 Å². The first-order valence-corrected chi connectivity index (χ1v) is 13.9. The van der Waals surface area contributed by atoms with E-state index in [4.69, 9.17) is 11.6 Å². The normalized spacial score (nSPS) is 14.8. The van der Waals surface area contributed by atoms with Crippen molar-refractivity contribution in [2.45, 2.75) is 10.8 Å². The maximum absolute atomic E-state index is 13.3. The Balaban J connectivity index is 1.22. The fourth-order valence-electron chi connectivity index (χ4n) is 4.24. The predicted molar refractivity (Wildman–Crippen MR) is 142 cm³/mol. The number of anilines is 1. The van der Waals surface area contributed by atoms with Crippen molar-refractivity contribution < 1.29 is 13.2 Å². The smallest absolute Gasteiger partial charge is 0.252 e. The molecule has 1 N–H and O–H groups in total. The molecule has 1 saturated heterocycles. The van der Waals surface area contributed by atoms with E-state index in [-0.39, 0.29) is 12.5 Å². The number of benzene rings is 3. The molecule has 180 valence electrons. The number of thiophene rings is 1. The van der Waals surface area contributed by atoms with Gasteiger partial charge in [0.1, 0.15) is 4.21 Å². The molecule has 1 aromatic heterocycles. The number of sulfonamides is 1. The molecule has 0 spiro atoms. The Morgan fingerprint density at radius 3 is 2.37 bits per heavy atom. The standard InChI is InChI=1S/C26H24ClN3O3S2/c27-21-10-8-20(9-11-21)26(31)28-18-22-12-13-25(34-22)35(32,33)30-16-14-29(15-17-30)24-7-3-5-19-4-1-2-6-23(19)24/h1-13H,14-18H2,(H,28,31). The number of hydrogen-bond donors (Lipinski definition) is 1. The number of carbonyl (C=O) groups excluding carboxylic acids is 1. The largest absolute Gasteiger partial charge is 0.368 e. The summed E-state index contributed by atoms with van der Waals surface area (Å²) in [5.41, 5.74) is 1.64. The quantitative estimate of drug-likeness (QED) is 0.385. The highest BCUT2D eigenvalue weighted by atomic mass is 35.5. The molecule has 9 heteroatoms. The molecule has 1 aliphatic rings. The van der Waals surface area contributed by atoms with Crippen molar-refractivity contribution in [3.63, 3.8) is 0 Å². The van der Waals surface area contributed by atoms with Crippen molar-refractivity contribution in [1.82, 2.24) is 9.62 Å². The van der Waals surface area contributed by atoms with Crippen LogP contribution in [0.15, 0.2) is 83.1 Å². The zero-order chi connectivity index (χ0) is 24.4. The summed E-state index contributed by atoms with van der Waals surface area (Å²) >= 11 is 7.06. The first-order chi connectivity index (χ1) is 16.9. The molecule has 0 bridgehead atoms. The zero-order valence-corrected chi connectivity index (χ0v) is 21.2. The molecule has 0 radical (unpaired) electrons. The Labute approximate surface area is 213 Å². The Kier molecular flexibility index (Phi) is 6.80. The van der Waals surface area contributed by atoms with Crippen LogP contribution in [0.3, 0.4) is 0 Å². The highest BCUT2D eigenvalue weighted by Gasteiger charge is 2.30. The first-order valence-electron chi connectivity index (χ1n) is 11.3. The topological polar surface area (TPSA) is 69.7 Å². The van der Waals surface area contributed by atoms with Gasteiger partial charge in [0, 0.05) is 52.7 Å². The maximum atomic E-state index is 13.3. The lowest BCUT2D eigenvalue weighted by Gasteiger charge is -2.35. The lowest BCUT2D eigenvalue weighted by molar-refractivity contribution is 0.0951. The number of piperazine rings is 1. The van der Waals surface area contributed by atoms with Crippen molar-refractivity contribution in [1.29, 1.82) is 0 Å². The molecule has 6 nitrogen and oxygen atoms in total. The minimum atomic E-state index is -3.59. The Hall–Kier alpha value is -2.91. The highest BCUT2D eigenvalue weighted by molar-refractivity contribution is 7.91. The number of nitrogens with one attached hydrogen (secondary N) is 1. The van der Waals surface area contributed by atoms with Gasteiger partial charge in [-0.2, -0.15) is 4.31 Å². The first kappa shape index (κ1) is 23.8. The van der Waals surface area contributed by atoms with Crippen LogP contribution in [0.25, 0.3) is 10.8 Å². The summed E-state index contributed by atoms with van der Waals surface area (Å²) in [7, 11) is -3.59. The van der Waals surface area contributed by atoms with Crippen LogP contribution >= 0.6 is 22.9 Å². The summed E-state index contributed by atoms with van der Waals surface area (Å²) in [6.45, 7) is 2.36. The molecule has 1 amide bonds. The molecule has 0 aliphatic carbocycles. The van der Waals surface area contributed by atoms with Crippen molar-refractivity contribution >= 4 is 55.3 Å². The van der Waals surface area contributed by atoms with Crippen LogP contribution in [0.2, 0.25) is 5.02 Å². The van der Waals surface area contributed by atoms with Crippen LogP contribution in [0.1, 0.15) is 15.2 Å². The van der Waals surface area contributed by atoms with E-state index in [0.29, 0.717) is 41.0 Å². The molecule has 5 rings (SSSR count). The van der Waals surface area contributed by atoms with Crippen LogP contribution in [-0.4, -0.2) is 44.8 Å². The Morgan fingerprint density at radius 1 is 0.886 bits per heavy atom. The summed E-state index contributed by atoms with van der Waals surface area (Å²) in [5.74, 6) is -0.232. The number of fused-ring (bicyclic) bond motifs is 1. The van der Waals surface area contributed by atoms with Crippen LogP contribution in [0.4, 0.5) is 5.69 Å². The Bertz CT molecular complexity index is 1460. The van der Waals surface area contributed by atoms with Crippen molar-refractivity contribution in [2.75, 3.05) is 31.1 Å². The number of halogens is 1. The minimum absolute atomic E-state index is 0.232. The van der Waals surface area contributed by atoms with Gasteiger partial charge in [-0.1, -0.05) is 48.0 Å². The average molecular weight is 526 g/mol.